The summed E-state index contributed by atoms with van der Waals surface area (Å²) in [4.78, 5) is 0. The van der Waals surface area contributed by atoms with Crippen LogP contribution in [0.15, 0.2) is 12.1 Å². The minimum atomic E-state index is 0.337. The van der Waals surface area contributed by atoms with E-state index in [1.165, 1.54) is 0 Å². The van der Waals surface area contributed by atoms with Crippen molar-refractivity contribution in [3.05, 3.63) is 27.1 Å². The maximum atomic E-state index is 6.04. The highest BCUT2D eigenvalue weighted by Crippen LogP contribution is 2.26. The smallest absolute Gasteiger partial charge is 0.178 e. The molecule has 0 aromatic carbocycles. The van der Waals surface area contributed by atoms with Crippen LogP contribution in [0.25, 0.3) is 5.82 Å². The van der Waals surface area contributed by atoms with Gasteiger partial charge in [0.25, 0.3) is 0 Å². The largest absolute Gasteiger partial charge is 0.383 e. The monoisotopic (exact) mass is 343 g/mol. The molecule has 90 valence electrons. The van der Waals surface area contributed by atoms with Gasteiger partial charge in [-0.2, -0.15) is 14.9 Å². The van der Waals surface area contributed by atoms with Crippen molar-refractivity contribution in [2.24, 2.45) is 0 Å². The summed E-state index contributed by atoms with van der Waals surface area (Å²) >= 11 is 2.22. The Morgan fingerprint density at radius 2 is 2.00 bits per heavy atom. The van der Waals surface area contributed by atoms with E-state index in [4.69, 9.17) is 5.73 Å². The van der Waals surface area contributed by atoms with E-state index in [1.807, 2.05) is 19.1 Å². The number of nitrogens with zero attached hydrogens (tertiary/aromatic N) is 4. The first-order valence-electron chi connectivity index (χ1n) is 5.35. The first-order chi connectivity index (χ1) is 8.00. The summed E-state index contributed by atoms with van der Waals surface area (Å²) in [5.74, 6) is 1.61. The van der Waals surface area contributed by atoms with Crippen molar-refractivity contribution >= 4 is 28.4 Å². The number of rotatable bonds is 2. The van der Waals surface area contributed by atoms with Crippen molar-refractivity contribution in [3.63, 3.8) is 0 Å². The Balaban J connectivity index is 2.53. The van der Waals surface area contributed by atoms with Crippen LogP contribution >= 0.6 is 22.6 Å². The lowest BCUT2D eigenvalue weighted by atomic mass is 10.1. The van der Waals surface area contributed by atoms with Crippen LogP contribution in [-0.4, -0.2) is 20.0 Å². The Labute approximate surface area is 114 Å². The number of nitrogen functional groups attached to an aromatic ring is 1. The molecule has 17 heavy (non-hydrogen) atoms. The second-order valence-corrected chi connectivity index (χ2v) is 5.26. The number of anilines is 1. The third-order valence-corrected chi connectivity index (χ3v) is 3.54. The van der Waals surface area contributed by atoms with Gasteiger partial charge in [0.05, 0.1) is 15.0 Å². The van der Waals surface area contributed by atoms with Gasteiger partial charge in [0.1, 0.15) is 5.82 Å². The second-order valence-electron chi connectivity index (χ2n) is 4.18. The van der Waals surface area contributed by atoms with Gasteiger partial charge in [-0.25, -0.2) is 0 Å². The average molecular weight is 343 g/mol. The minimum absolute atomic E-state index is 0.337. The average Bonchev–Trinajstić information content (AvgIpc) is 2.58. The number of aryl methyl sites for hydroxylation is 1. The minimum Gasteiger partial charge on any atom is -0.383 e. The van der Waals surface area contributed by atoms with E-state index in [1.54, 1.807) is 4.68 Å². The highest BCUT2D eigenvalue weighted by molar-refractivity contribution is 14.1. The van der Waals surface area contributed by atoms with E-state index in [0.29, 0.717) is 17.6 Å². The number of nitrogens with two attached hydrogens (primary N) is 1. The van der Waals surface area contributed by atoms with Crippen molar-refractivity contribution in [3.8, 4) is 5.82 Å². The molecule has 0 radical (unpaired) electrons. The molecule has 2 aromatic rings. The molecule has 2 N–H and O–H groups in total. The van der Waals surface area contributed by atoms with Crippen molar-refractivity contribution in [1.29, 1.82) is 0 Å². The number of hydrogen-bond donors (Lipinski definition) is 1. The predicted octanol–water partition coefficient (Wildman–Crippen LogP) is 2.28. The Morgan fingerprint density at radius 1 is 1.29 bits per heavy atom. The lowest BCUT2D eigenvalue weighted by molar-refractivity contribution is 0.747. The third-order valence-electron chi connectivity index (χ3n) is 2.43. The molecule has 6 heteroatoms. The van der Waals surface area contributed by atoms with E-state index < -0.39 is 0 Å². The highest BCUT2D eigenvalue weighted by atomic mass is 127. The summed E-state index contributed by atoms with van der Waals surface area (Å²) in [5, 5.41) is 12.6. The van der Waals surface area contributed by atoms with Gasteiger partial charge >= 0.3 is 0 Å². The van der Waals surface area contributed by atoms with E-state index >= 15 is 0 Å². The Morgan fingerprint density at radius 3 is 2.47 bits per heavy atom. The maximum Gasteiger partial charge on any atom is 0.178 e. The van der Waals surface area contributed by atoms with Crippen LogP contribution in [0.2, 0.25) is 0 Å². The second kappa shape index (κ2) is 4.59. The number of hydrogen-bond acceptors (Lipinski definition) is 4. The zero-order valence-corrected chi connectivity index (χ0v) is 12.1. The third kappa shape index (κ3) is 2.26. The van der Waals surface area contributed by atoms with Gasteiger partial charge in [-0.3, -0.25) is 0 Å². The fourth-order valence-corrected chi connectivity index (χ4v) is 2.44. The van der Waals surface area contributed by atoms with Crippen molar-refractivity contribution in [1.82, 2.24) is 20.0 Å². The molecule has 0 bridgehead atoms. The number of aromatic nitrogens is 4. The Kier molecular flexibility index (Phi) is 3.32. The molecule has 0 spiro atoms. The number of halogens is 1. The maximum absolute atomic E-state index is 6.04. The predicted molar refractivity (Wildman–Crippen MR) is 75.1 cm³/mol. The molecule has 0 aliphatic heterocycles. The molecule has 0 amide bonds. The molecular weight excluding hydrogens is 329 g/mol. The van der Waals surface area contributed by atoms with Crippen LogP contribution < -0.4 is 5.73 Å². The Bertz CT molecular complexity index is 530. The fraction of sp³-hybridized carbons (Fsp3) is 0.364. The molecule has 0 aliphatic carbocycles. The topological polar surface area (TPSA) is 69.6 Å². The molecule has 0 atom stereocenters. The molecule has 2 heterocycles. The summed E-state index contributed by atoms with van der Waals surface area (Å²) in [7, 11) is 0. The van der Waals surface area contributed by atoms with Crippen LogP contribution in [0, 0.1) is 10.5 Å². The summed E-state index contributed by atoms with van der Waals surface area (Å²) in [5.41, 5.74) is 7.90. The van der Waals surface area contributed by atoms with Crippen molar-refractivity contribution in [2.75, 3.05) is 5.73 Å². The summed E-state index contributed by atoms with van der Waals surface area (Å²) < 4.78 is 2.63. The van der Waals surface area contributed by atoms with Crippen LogP contribution in [0.5, 0.6) is 0 Å². The molecule has 0 aliphatic rings. The van der Waals surface area contributed by atoms with E-state index in [2.05, 4.69) is 51.7 Å². The molecule has 2 aromatic heterocycles. The molecule has 0 unspecified atom stereocenters. The van der Waals surface area contributed by atoms with Crippen molar-refractivity contribution in [2.45, 2.75) is 26.7 Å². The van der Waals surface area contributed by atoms with Gasteiger partial charge in [-0.05, 0) is 47.6 Å². The molecule has 5 nitrogen and oxygen atoms in total. The zero-order valence-electron chi connectivity index (χ0n) is 9.98. The van der Waals surface area contributed by atoms with E-state index in [0.717, 1.165) is 15.0 Å². The van der Waals surface area contributed by atoms with E-state index in [-0.39, 0.29) is 0 Å². The molecule has 0 saturated heterocycles. The standard InChI is InChI=1S/C11H14IN5/c1-6(2)10-9(12)11(13)17(16-10)8-5-4-7(3)14-15-8/h4-6H,13H2,1-3H3. The molecule has 0 fully saturated rings. The normalized spacial score (nSPS) is 11.1. The van der Waals surface area contributed by atoms with Crippen LogP contribution in [0.1, 0.15) is 31.2 Å². The van der Waals surface area contributed by atoms with Crippen molar-refractivity contribution < 1.29 is 0 Å². The van der Waals surface area contributed by atoms with Gasteiger partial charge in [0.15, 0.2) is 5.82 Å². The first kappa shape index (κ1) is 12.3. The first-order valence-corrected chi connectivity index (χ1v) is 6.43. The summed E-state index contributed by atoms with van der Waals surface area (Å²) in [6.45, 7) is 6.08. The molecule has 0 saturated carbocycles. The Hall–Kier alpha value is -1.18. The lowest BCUT2D eigenvalue weighted by Gasteiger charge is -2.01. The van der Waals surface area contributed by atoms with Gasteiger partial charge in [0.2, 0.25) is 0 Å². The van der Waals surface area contributed by atoms with Crippen LogP contribution in [-0.2, 0) is 0 Å². The summed E-state index contributed by atoms with van der Waals surface area (Å²) in [6, 6.07) is 3.76. The van der Waals surface area contributed by atoms with Gasteiger partial charge in [-0.1, -0.05) is 13.8 Å². The van der Waals surface area contributed by atoms with E-state index in [9.17, 15) is 0 Å². The highest BCUT2D eigenvalue weighted by Gasteiger charge is 2.17. The molecular formula is C11H14IN5. The van der Waals surface area contributed by atoms with Crippen LogP contribution in [0.4, 0.5) is 5.82 Å². The SMILES string of the molecule is Cc1ccc(-n2nc(C(C)C)c(I)c2N)nn1. The van der Waals surface area contributed by atoms with Crippen LogP contribution in [0.3, 0.4) is 0 Å². The lowest BCUT2D eigenvalue weighted by Crippen LogP contribution is -2.06. The fourth-order valence-electron chi connectivity index (χ4n) is 1.48. The summed E-state index contributed by atoms with van der Waals surface area (Å²) in [6.07, 6.45) is 0. The van der Waals surface area contributed by atoms with Gasteiger partial charge in [0, 0.05) is 0 Å². The van der Waals surface area contributed by atoms with Gasteiger partial charge < -0.3 is 5.73 Å². The zero-order chi connectivity index (χ0) is 12.6. The van der Waals surface area contributed by atoms with Gasteiger partial charge in [-0.15, -0.1) is 5.10 Å². The molecule has 2 rings (SSSR count). The quantitative estimate of drug-likeness (QED) is 0.850.